The largest absolute Gasteiger partial charge is 0.472 e. The molecule has 0 rings (SSSR count). The summed E-state index contributed by atoms with van der Waals surface area (Å²) in [6.45, 7) is 4.48. The fourth-order valence-corrected chi connectivity index (χ4v) is 9.46. The van der Waals surface area contributed by atoms with E-state index in [0.29, 0.717) is 23.9 Å². The molecular weight excluding hydrogens is 870 g/mol. The highest BCUT2D eigenvalue weighted by Gasteiger charge is 2.27. The number of rotatable bonds is 55. The highest BCUT2D eigenvalue weighted by molar-refractivity contribution is 7.47. The summed E-state index contributed by atoms with van der Waals surface area (Å²) >= 11 is 0. The molecule has 0 aromatic rings. The maximum atomic E-state index is 12.8. The number of carbonyl (C=O) groups excluding carboxylic acids is 2. The minimum atomic E-state index is -4.38. The van der Waals surface area contributed by atoms with E-state index in [1.807, 2.05) is 21.1 Å². The molecule has 0 bridgehead atoms. The van der Waals surface area contributed by atoms with Crippen LogP contribution in [0.2, 0.25) is 0 Å². The molecule has 0 fully saturated rings. The van der Waals surface area contributed by atoms with Gasteiger partial charge < -0.3 is 18.9 Å². The molecule has 2 atom stereocenters. The second-order valence-corrected chi connectivity index (χ2v) is 22.8. The Kier molecular flexibility index (Phi) is 49.8. The summed E-state index contributed by atoms with van der Waals surface area (Å²) in [5, 5.41) is 0. The average Bonchev–Trinajstić information content (AvgIpc) is 3.30. The van der Waals surface area contributed by atoms with Gasteiger partial charge in [-0.2, -0.15) is 0 Å². The first-order valence-electron chi connectivity index (χ1n) is 29.4. The van der Waals surface area contributed by atoms with Gasteiger partial charge in [-0.3, -0.25) is 18.6 Å². The van der Waals surface area contributed by atoms with Gasteiger partial charge in [0.05, 0.1) is 27.7 Å². The number of quaternary nitrogens is 1. The molecule has 0 heterocycles. The van der Waals surface area contributed by atoms with E-state index in [9.17, 15) is 19.0 Å². The molecule has 0 aromatic heterocycles. The predicted molar refractivity (Wildman–Crippen MR) is 289 cm³/mol. The lowest BCUT2D eigenvalue weighted by Crippen LogP contribution is -2.37. The van der Waals surface area contributed by atoms with Crippen molar-refractivity contribution >= 4 is 19.8 Å². The molecule has 68 heavy (non-hydrogen) atoms. The first-order valence-corrected chi connectivity index (χ1v) is 30.9. The van der Waals surface area contributed by atoms with Crippen molar-refractivity contribution in [1.29, 1.82) is 0 Å². The molecule has 0 aliphatic rings. The van der Waals surface area contributed by atoms with Gasteiger partial charge in [-0.05, 0) is 38.5 Å². The number of likely N-dealkylation sites (N-methyl/N-ethyl adjacent to an activating group) is 1. The fourth-order valence-electron chi connectivity index (χ4n) is 8.72. The van der Waals surface area contributed by atoms with Crippen molar-refractivity contribution in [2.75, 3.05) is 47.5 Å². The van der Waals surface area contributed by atoms with Crippen LogP contribution in [-0.2, 0) is 32.7 Å². The summed E-state index contributed by atoms with van der Waals surface area (Å²) in [6, 6.07) is 0. The second kappa shape index (κ2) is 50.7. The Morgan fingerprint density at radius 1 is 0.441 bits per heavy atom. The number of esters is 2. The molecule has 404 valence electrons. The average molecular weight is 986 g/mol. The Bertz CT molecular complexity index is 1160. The SMILES string of the molecule is CCCCCCCCC/C=C\CCCCCCCCCC(=O)OC(COC(=O)CCCCCCCCCCCCCCCCCCCCCCCCCCCC)COP(=O)(O)OCC[N+](C)(C)C. The third kappa shape index (κ3) is 54.1. The van der Waals surface area contributed by atoms with Crippen molar-refractivity contribution in [2.24, 2.45) is 0 Å². The minimum absolute atomic E-state index is 0.0345. The topological polar surface area (TPSA) is 108 Å². The Morgan fingerprint density at radius 3 is 1.09 bits per heavy atom. The van der Waals surface area contributed by atoms with Crippen molar-refractivity contribution < 1.29 is 42.1 Å². The van der Waals surface area contributed by atoms with E-state index in [1.54, 1.807) is 0 Å². The lowest BCUT2D eigenvalue weighted by Gasteiger charge is -2.24. The normalized spacial score (nSPS) is 13.3. The van der Waals surface area contributed by atoms with Gasteiger partial charge in [0.25, 0.3) is 0 Å². The van der Waals surface area contributed by atoms with Crippen molar-refractivity contribution in [1.82, 2.24) is 0 Å². The van der Waals surface area contributed by atoms with Crippen LogP contribution in [0.4, 0.5) is 0 Å². The van der Waals surface area contributed by atoms with E-state index in [2.05, 4.69) is 26.0 Å². The van der Waals surface area contributed by atoms with Crippen LogP contribution in [0.5, 0.6) is 0 Å². The summed E-state index contributed by atoms with van der Waals surface area (Å²) in [4.78, 5) is 35.7. The number of hydrogen-bond donors (Lipinski definition) is 1. The van der Waals surface area contributed by atoms with Crippen molar-refractivity contribution in [3.63, 3.8) is 0 Å². The highest BCUT2D eigenvalue weighted by Crippen LogP contribution is 2.43. The van der Waals surface area contributed by atoms with Crippen molar-refractivity contribution in [3.8, 4) is 0 Å². The van der Waals surface area contributed by atoms with Crippen LogP contribution in [0.3, 0.4) is 0 Å². The van der Waals surface area contributed by atoms with Crippen LogP contribution in [0.15, 0.2) is 12.2 Å². The zero-order valence-corrected chi connectivity index (χ0v) is 46.8. The molecule has 0 aromatic carbocycles. The molecular formula is C58H115NO8P+. The number of carbonyl (C=O) groups is 2. The van der Waals surface area contributed by atoms with Gasteiger partial charge in [0.1, 0.15) is 19.8 Å². The molecule has 0 spiro atoms. The molecule has 0 amide bonds. The zero-order chi connectivity index (χ0) is 49.9. The van der Waals surface area contributed by atoms with Gasteiger partial charge in [-0.25, -0.2) is 4.57 Å². The second-order valence-electron chi connectivity index (χ2n) is 21.4. The van der Waals surface area contributed by atoms with Gasteiger partial charge in [0, 0.05) is 12.8 Å². The molecule has 0 saturated heterocycles. The highest BCUT2D eigenvalue weighted by atomic mass is 31.2. The summed E-state index contributed by atoms with van der Waals surface area (Å²) in [5.41, 5.74) is 0. The smallest absolute Gasteiger partial charge is 0.462 e. The van der Waals surface area contributed by atoms with Crippen LogP contribution in [0.1, 0.15) is 296 Å². The first-order chi connectivity index (χ1) is 33.0. The number of nitrogens with zero attached hydrogens (tertiary/aromatic N) is 1. The van der Waals surface area contributed by atoms with E-state index in [-0.39, 0.29) is 25.6 Å². The molecule has 0 aliphatic carbocycles. The molecule has 9 nitrogen and oxygen atoms in total. The van der Waals surface area contributed by atoms with Crippen molar-refractivity contribution in [3.05, 3.63) is 12.2 Å². The van der Waals surface area contributed by atoms with Crippen LogP contribution in [0.25, 0.3) is 0 Å². The maximum Gasteiger partial charge on any atom is 0.472 e. The third-order valence-corrected chi connectivity index (χ3v) is 14.3. The van der Waals surface area contributed by atoms with Gasteiger partial charge >= 0.3 is 19.8 Å². The molecule has 10 heteroatoms. The Labute approximate surface area is 422 Å². The van der Waals surface area contributed by atoms with E-state index in [0.717, 1.165) is 44.9 Å². The van der Waals surface area contributed by atoms with E-state index in [4.69, 9.17) is 18.5 Å². The third-order valence-electron chi connectivity index (χ3n) is 13.3. The summed E-state index contributed by atoms with van der Waals surface area (Å²) < 4.78 is 34.6. The molecule has 2 unspecified atom stereocenters. The molecule has 0 radical (unpaired) electrons. The van der Waals surface area contributed by atoms with Gasteiger partial charge in [-0.15, -0.1) is 0 Å². The predicted octanol–water partition coefficient (Wildman–Crippen LogP) is 18.0. The van der Waals surface area contributed by atoms with Crippen LogP contribution in [0, 0.1) is 0 Å². The van der Waals surface area contributed by atoms with Gasteiger partial charge in [-0.1, -0.05) is 257 Å². The van der Waals surface area contributed by atoms with Crippen LogP contribution >= 0.6 is 7.82 Å². The standard InChI is InChI=1S/C58H114NO8P/c1-6-8-10-12-14-16-18-20-22-24-26-27-28-29-30-31-32-33-35-36-38-40-42-44-46-48-50-57(60)64-54-56(55-66-68(62,63)65-53-52-59(3,4)5)67-58(61)51-49-47-45-43-41-39-37-34-25-23-21-19-17-15-13-11-9-7-2/h23,25,56H,6-22,24,26-55H2,1-5H3/p+1/b25-23-. The Hall–Kier alpha value is -1.25. The quantitative estimate of drug-likeness (QED) is 0.0211. The number of hydrogen-bond acceptors (Lipinski definition) is 7. The minimum Gasteiger partial charge on any atom is -0.462 e. The van der Waals surface area contributed by atoms with Crippen LogP contribution < -0.4 is 0 Å². The van der Waals surface area contributed by atoms with Gasteiger partial charge in [0.2, 0.25) is 0 Å². The maximum absolute atomic E-state index is 12.8. The number of phosphoric acid groups is 1. The fraction of sp³-hybridized carbons (Fsp3) is 0.931. The number of phosphoric ester groups is 1. The summed E-state index contributed by atoms with van der Waals surface area (Å²) in [5.74, 6) is -0.784. The molecule has 1 N–H and O–H groups in total. The van der Waals surface area contributed by atoms with E-state index >= 15 is 0 Å². The number of allylic oxidation sites excluding steroid dienone is 2. The van der Waals surface area contributed by atoms with E-state index in [1.165, 1.54) is 218 Å². The number of unbranched alkanes of at least 4 members (excludes halogenated alkanes) is 39. The Balaban J connectivity index is 4.08. The van der Waals surface area contributed by atoms with Crippen LogP contribution in [-0.4, -0.2) is 74.9 Å². The summed E-state index contributed by atoms with van der Waals surface area (Å²) in [7, 11) is 1.49. The Morgan fingerprint density at radius 2 is 0.750 bits per heavy atom. The number of ether oxygens (including phenoxy) is 2. The monoisotopic (exact) mass is 985 g/mol. The lowest BCUT2D eigenvalue weighted by atomic mass is 10.0. The zero-order valence-electron chi connectivity index (χ0n) is 45.9. The van der Waals surface area contributed by atoms with E-state index < -0.39 is 26.5 Å². The lowest BCUT2D eigenvalue weighted by molar-refractivity contribution is -0.870. The molecule has 0 saturated carbocycles. The molecule has 0 aliphatic heterocycles. The van der Waals surface area contributed by atoms with Gasteiger partial charge in [0.15, 0.2) is 6.10 Å². The first kappa shape index (κ1) is 66.8. The van der Waals surface area contributed by atoms with Crippen molar-refractivity contribution in [2.45, 2.75) is 302 Å². The summed E-state index contributed by atoms with van der Waals surface area (Å²) in [6.07, 6.45) is 58.6.